The molecule has 9 heterocycles. The first kappa shape index (κ1) is 108. The molecule has 0 saturated heterocycles. The number of hydrogen-bond acceptors (Lipinski definition) is 15. The van der Waals surface area contributed by atoms with Crippen LogP contribution in [-0.4, -0.2) is 78.7 Å². The largest absolute Gasteiger partial charge is 0.326 e. The summed E-state index contributed by atoms with van der Waals surface area (Å²) in [5.74, 6) is 17.8. The van der Waals surface area contributed by atoms with Crippen LogP contribution in [0.2, 0.25) is 0 Å². The Kier molecular flexibility index (Phi) is 42.2. The number of hydrogen-bond donors (Lipinski definition) is 0. The second kappa shape index (κ2) is 46.8. The highest BCUT2D eigenvalue weighted by atomic mass is 32.1. The topological polar surface area (TPSA) is 175 Å². The van der Waals surface area contributed by atoms with E-state index in [1.807, 2.05) is 107 Å². The molecule has 16 nitrogen and oxygen atoms in total. The minimum Gasteiger partial charge on any atom is -0.326 e. The third kappa shape index (κ3) is 39.6. The van der Waals surface area contributed by atoms with E-state index in [1.165, 1.54) is 55.8 Å². The summed E-state index contributed by atoms with van der Waals surface area (Å²) in [6.07, 6.45) is 60.9. The SMILES string of the molecule is C#Cc1cc(C(C)(C)C)sn1.C#Cc1ccn(C(C)(C)C)n1.C#Cc1nc(C(C)(C)C)cs1.C#Cc1ncc(C(C)(C)C)s1.C#Cc1nccn1C(C)(C)C.C#Cc1nscc1C(C)(C)C.C=Cc1ccn(C(C)(C)C)n1.C=Cc1nccn1C(C)(C)C.CC(C)(C)C1CC=CC(=O)C1.CC(C)(C)C1CCC=CC1=O.CC(C)(C)n1ccc(F)n1. The van der Waals surface area contributed by atoms with Gasteiger partial charge in [-0.1, -0.05) is 150 Å². The average molecular weight is 1700 g/mol. The van der Waals surface area contributed by atoms with Crippen LogP contribution in [0, 0.1) is 103 Å². The molecule has 648 valence electrons. The first-order valence-electron chi connectivity index (χ1n) is 40.1. The lowest BCUT2D eigenvalue weighted by atomic mass is 9.74. The van der Waals surface area contributed by atoms with Crippen LogP contribution in [0.4, 0.5) is 4.39 Å². The van der Waals surface area contributed by atoms with Gasteiger partial charge in [-0.2, -0.15) is 23.3 Å². The summed E-state index contributed by atoms with van der Waals surface area (Å²) in [4.78, 5) is 41.4. The number of allylic oxidation sites excluding steroid dienone is 4. The van der Waals surface area contributed by atoms with E-state index < -0.39 is 5.95 Å². The third-order valence-corrected chi connectivity index (χ3v) is 21.6. The summed E-state index contributed by atoms with van der Waals surface area (Å²) in [7, 11) is 0. The van der Waals surface area contributed by atoms with E-state index in [0.717, 1.165) is 64.3 Å². The maximum atomic E-state index is 12.3. The second-order valence-corrected chi connectivity index (χ2v) is 43.0. The molecule has 0 aromatic carbocycles. The summed E-state index contributed by atoms with van der Waals surface area (Å²) in [6.45, 7) is 77.3. The summed E-state index contributed by atoms with van der Waals surface area (Å²) >= 11 is 6.04. The Balaban J connectivity index is 0.000000660. The highest BCUT2D eigenvalue weighted by Crippen LogP contribution is 2.36. The van der Waals surface area contributed by atoms with E-state index in [-0.39, 0.29) is 71.9 Å². The Morgan fingerprint density at radius 3 is 1.35 bits per heavy atom. The fourth-order valence-electron chi connectivity index (χ4n) is 10.2. The monoisotopic (exact) mass is 1700 g/mol. The van der Waals surface area contributed by atoms with Crippen LogP contribution in [0.3, 0.4) is 0 Å². The van der Waals surface area contributed by atoms with Gasteiger partial charge in [0.25, 0.3) is 0 Å². The number of thiazole rings is 2. The molecule has 0 amide bonds. The highest BCUT2D eigenvalue weighted by Gasteiger charge is 2.31. The first-order valence-corrected chi connectivity index (χ1v) is 43.4. The van der Waals surface area contributed by atoms with E-state index in [9.17, 15) is 14.0 Å². The van der Waals surface area contributed by atoms with E-state index >= 15 is 0 Å². The van der Waals surface area contributed by atoms with Gasteiger partial charge in [-0.25, -0.2) is 19.9 Å². The molecule has 21 heteroatoms. The highest BCUT2D eigenvalue weighted by molar-refractivity contribution is 7.12. The molecule has 120 heavy (non-hydrogen) atoms. The summed E-state index contributed by atoms with van der Waals surface area (Å²) in [5, 5.41) is 17.7. The molecule has 0 spiro atoms. The quantitative estimate of drug-likeness (QED) is 0.151. The van der Waals surface area contributed by atoms with Gasteiger partial charge in [-0.15, -0.1) is 66.3 Å². The molecule has 2 unspecified atom stereocenters. The van der Waals surface area contributed by atoms with Gasteiger partial charge < -0.3 is 9.13 Å². The smallest absolute Gasteiger partial charge is 0.232 e. The van der Waals surface area contributed by atoms with Gasteiger partial charge in [0.15, 0.2) is 27.4 Å². The lowest BCUT2D eigenvalue weighted by molar-refractivity contribution is -0.122. The molecule has 0 radical (unpaired) electrons. The Morgan fingerprint density at radius 1 is 0.508 bits per heavy atom. The average Bonchev–Trinajstić information content (AvgIpc) is 1.80. The predicted molar refractivity (Wildman–Crippen MR) is 510 cm³/mol. The molecule has 0 aliphatic heterocycles. The number of terminal acetylenes is 6. The zero-order chi connectivity index (χ0) is 92.6. The lowest BCUT2D eigenvalue weighted by Crippen LogP contribution is -2.28. The molecular formula is C99H139FN14O2S4. The Morgan fingerprint density at radius 2 is 1.04 bits per heavy atom. The fourth-order valence-corrected chi connectivity index (χ4v) is 13.4. The van der Waals surface area contributed by atoms with Crippen LogP contribution in [0.1, 0.15) is 320 Å². The molecule has 2 aliphatic rings. The molecule has 0 bridgehead atoms. The van der Waals surface area contributed by atoms with E-state index in [4.69, 9.17) is 38.5 Å². The standard InChI is InChI=1S/2C10H16O.C9H14N2.C9H12N2.C9H14N2.C9H12N2.4C9H11NS.C7H11FN2/c1-10(2,3)8-5-4-6-9(11)7-8;1-10(2,3)8-6-4-5-7-9(8)11;2*1-5-8-10-6-7-11(8)9(2,3)4;2*1-5-8-6-7-11(10-8)9(2,3)4;1-5-8-10-7(6-11-8)9(2,3)4;1-5-8-10-6-7(11-8)9(2,3)4;1-5-8-7(6-11-10-8)9(2,3)4;1-5-7-6-8(11-10-7)9(2,3)4;1-7(2,3)10-5-4-6(8)9-10/h4,6,8H,5,7H2,1-3H3;5,7-8H,4,6H2,1-3H3;5-7H,1H2,2-4H3;1,6-7H,2-4H3;5-7H,1H2,2-4H3;1,6-7H,2-4H3;4*1,6H,2-4H3;4-5H,1-3H3. The van der Waals surface area contributed by atoms with Gasteiger partial charge in [-0.05, 0) is 257 Å². The van der Waals surface area contributed by atoms with Crippen LogP contribution >= 0.6 is 45.7 Å². The molecule has 2 aliphatic carbocycles. The number of aromatic nitrogens is 14. The molecule has 0 saturated carbocycles. The van der Waals surface area contributed by atoms with E-state index in [1.54, 1.807) is 58.9 Å². The first-order chi connectivity index (χ1) is 54.9. The molecule has 9 aromatic heterocycles. The number of imidazole rings is 2. The maximum absolute atomic E-state index is 12.3. The van der Waals surface area contributed by atoms with Crippen molar-refractivity contribution in [3.8, 4) is 74.1 Å². The van der Waals surface area contributed by atoms with Gasteiger partial charge in [0.05, 0.1) is 28.0 Å². The Hall–Kier alpha value is -9.84. The van der Waals surface area contributed by atoms with Crippen LogP contribution in [0.5, 0.6) is 0 Å². The molecule has 0 fully saturated rings. The summed E-state index contributed by atoms with van der Waals surface area (Å²) < 4.78 is 30.0. The minimum atomic E-state index is -0.421. The van der Waals surface area contributed by atoms with Crippen molar-refractivity contribution in [1.82, 2.24) is 67.2 Å². The molecule has 9 aromatic rings. The van der Waals surface area contributed by atoms with E-state index in [2.05, 4.69) is 305 Å². The van der Waals surface area contributed by atoms with Crippen LogP contribution in [-0.2, 0) is 58.9 Å². The zero-order valence-corrected chi connectivity index (χ0v) is 81.8. The van der Waals surface area contributed by atoms with Crippen molar-refractivity contribution < 1.29 is 14.0 Å². The number of halogens is 1. The Labute approximate surface area is 739 Å². The summed E-state index contributed by atoms with van der Waals surface area (Å²) in [5.41, 5.74) is 6.52. The van der Waals surface area contributed by atoms with Crippen molar-refractivity contribution in [2.45, 2.75) is 304 Å². The van der Waals surface area contributed by atoms with Crippen LogP contribution < -0.4 is 0 Å². The van der Waals surface area contributed by atoms with Gasteiger partial charge in [0.2, 0.25) is 5.95 Å². The summed E-state index contributed by atoms with van der Waals surface area (Å²) in [6, 6.07) is 7.12. The predicted octanol–water partition coefficient (Wildman–Crippen LogP) is 24.4. The normalized spacial score (nSPS) is 13.9. The molecular weight excluding hydrogens is 1560 g/mol. The number of rotatable bonds is 2. The van der Waals surface area contributed by atoms with Gasteiger partial charge in [0, 0.05) is 111 Å². The number of ketones is 2. The van der Waals surface area contributed by atoms with Gasteiger partial charge in [0.1, 0.15) is 22.9 Å². The van der Waals surface area contributed by atoms with Crippen molar-refractivity contribution in [3.63, 3.8) is 0 Å². The van der Waals surface area contributed by atoms with Crippen LogP contribution in [0.15, 0.2) is 122 Å². The van der Waals surface area contributed by atoms with Crippen molar-refractivity contribution in [2.75, 3.05) is 0 Å². The Bertz CT molecular complexity index is 4660. The van der Waals surface area contributed by atoms with Crippen molar-refractivity contribution in [1.29, 1.82) is 0 Å². The van der Waals surface area contributed by atoms with Crippen molar-refractivity contribution in [3.05, 3.63) is 193 Å². The number of carbonyl (C=O) groups excluding carboxylic acids is 2. The molecule has 2 atom stereocenters. The zero-order valence-electron chi connectivity index (χ0n) is 78.5. The van der Waals surface area contributed by atoms with Crippen LogP contribution in [0.25, 0.3) is 12.2 Å². The van der Waals surface area contributed by atoms with Gasteiger partial charge in [-0.3, -0.25) is 23.6 Å². The lowest BCUT2D eigenvalue weighted by Gasteiger charge is -2.30. The molecule has 0 N–H and O–H groups in total. The fraction of sp³-hybridized carbons (Fsp3) is 0.505. The molecule has 11 rings (SSSR count). The third-order valence-electron chi connectivity index (χ3n) is 17.6. The number of carbonyl (C=O) groups is 2. The van der Waals surface area contributed by atoms with Crippen molar-refractivity contribution in [2.24, 2.45) is 22.7 Å². The number of nitrogens with zero attached hydrogens (tertiary/aromatic N) is 14. The van der Waals surface area contributed by atoms with Gasteiger partial charge >= 0.3 is 0 Å². The van der Waals surface area contributed by atoms with Crippen molar-refractivity contribution >= 4 is 69.5 Å². The van der Waals surface area contributed by atoms with E-state index in [0.29, 0.717) is 23.2 Å². The minimum absolute atomic E-state index is 0.0229. The second-order valence-electron chi connectivity index (χ2n) is 39.7. The maximum Gasteiger partial charge on any atom is 0.232 e.